The van der Waals surface area contributed by atoms with Crippen LogP contribution in [0.15, 0.2) is 72.9 Å². The van der Waals surface area contributed by atoms with E-state index < -0.39 is 0 Å². The summed E-state index contributed by atoms with van der Waals surface area (Å²) in [6, 6.07) is 21.3. The molecule has 0 aliphatic carbocycles. The van der Waals surface area contributed by atoms with Crippen molar-refractivity contribution in [1.29, 1.82) is 0 Å². The third-order valence-electron chi connectivity index (χ3n) is 3.81. The number of allylic oxidation sites excluding steroid dienone is 1. The number of rotatable bonds is 10. The second-order valence-electron chi connectivity index (χ2n) is 5.71. The maximum Gasteiger partial charge on any atom is 0.0395 e. The van der Waals surface area contributed by atoms with E-state index in [0.29, 0.717) is 0 Å². The molecule has 0 bridgehead atoms. The van der Waals surface area contributed by atoms with E-state index in [0.717, 1.165) is 6.54 Å². The van der Waals surface area contributed by atoms with Gasteiger partial charge in [-0.15, -0.1) is 0 Å². The van der Waals surface area contributed by atoms with Gasteiger partial charge in [0.2, 0.25) is 0 Å². The molecule has 1 heteroatoms. The zero-order valence-corrected chi connectivity index (χ0v) is 13.4. The van der Waals surface area contributed by atoms with Crippen LogP contribution in [-0.4, -0.2) is 0 Å². The standard InChI is InChI=1S/C21H27N/c1(3-7-13-20-14-8-5-9-15-20)2-4-12-18-22-19-21-16-10-6-11-17-21/h5-6,8-12,14-18,22H,1-4,7,13,19H2. The van der Waals surface area contributed by atoms with E-state index in [1.165, 1.54) is 49.7 Å². The molecule has 0 heterocycles. The minimum atomic E-state index is 0.911. The molecule has 1 nitrogen and oxygen atoms in total. The molecule has 0 fully saturated rings. The predicted molar refractivity (Wildman–Crippen MR) is 95.7 cm³/mol. The lowest BCUT2D eigenvalue weighted by molar-refractivity contribution is 0.645. The molecule has 2 rings (SSSR count). The van der Waals surface area contributed by atoms with Crippen molar-refractivity contribution in [3.8, 4) is 0 Å². The zero-order valence-electron chi connectivity index (χ0n) is 13.4. The van der Waals surface area contributed by atoms with Gasteiger partial charge < -0.3 is 5.32 Å². The summed E-state index contributed by atoms with van der Waals surface area (Å²) < 4.78 is 0. The fourth-order valence-electron chi connectivity index (χ4n) is 2.53. The van der Waals surface area contributed by atoms with E-state index in [2.05, 4.69) is 78.3 Å². The quantitative estimate of drug-likeness (QED) is 0.572. The van der Waals surface area contributed by atoms with Crippen molar-refractivity contribution >= 4 is 0 Å². The second kappa shape index (κ2) is 10.7. The molecule has 0 spiro atoms. The average Bonchev–Trinajstić information content (AvgIpc) is 2.58. The Bertz CT molecular complexity index is 516. The highest BCUT2D eigenvalue weighted by Crippen LogP contribution is 2.08. The summed E-state index contributed by atoms with van der Waals surface area (Å²) in [4.78, 5) is 0. The van der Waals surface area contributed by atoms with Gasteiger partial charge in [-0.1, -0.05) is 79.6 Å². The van der Waals surface area contributed by atoms with Crippen molar-refractivity contribution in [2.24, 2.45) is 0 Å². The van der Waals surface area contributed by atoms with Gasteiger partial charge in [-0.25, -0.2) is 0 Å². The molecular weight excluding hydrogens is 266 g/mol. The molecule has 22 heavy (non-hydrogen) atoms. The highest BCUT2D eigenvalue weighted by Gasteiger charge is 1.92. The molecular formula is C21H27N. The Morgan fingerprint density at radius 1 is 0.682 bits per heavy atom. The van der Waals surface area contributed by atoms with E-state index in [-0.39, 0.29) is 0 Å². The van der Waals surface area contributed by atoms with Gasteiger partial charge in [0, 0.05) is 6.54 Å². The molecule has 0 unspecified atom stereocenters. The molecule has 1 N–H and O–H groups in total. The van der Waals surface area contributed by atoms with Crippen LogP contribution in [0, 0.1) is 0 Å². The molecule has 0 aromatic heterocycles. The lowest BCUT2D eigenvalue weighted by Gasteiger charge is -2.02. The predicted octanol–water partition coefficient (Wildman–Crippen LogP) is 5.48. The van der Waals surface area contributed by atoms with E-state index in [9.17, 15) is 0 Å². The number of nitrogens with one attached hydrogen (secondary N) is 1. The van der Waals surface area contributed by atoms with Crippen molar-refractivity contribution in [2.45, 2.75) is 45.1 Å². The first-order valence-electron chi connectivity index (χ1n) is 8.41. The fraction of sp³-hybridized carbons (Fsp3) is 0.333. The van der Waals surface area contributed by atoms with Crippen molar-refractivity contribution in [3.05, 3.63) is 84.1 Å². The van der Waals surface area contributed by atoms with Gasteiger partial charge in [-0.05, 0) is 43.0 Å². The summed E-state index contributed by atoms with van der Waals surface area (Å²) in [5.74, 6) is 0. The Kier molecular flexibility index (Phi) is 7.93. The van der Waals surface area contributed by atoms with Crippen LogP contribution in [0.1, 0.15) is 43.2 Å². The van der Waals surface area contributed by atoms with Gasteiger partial charge in [-0.3, -0.25) is 0 Å². The lowest BCUT2D eigenvalue weighted by atomic mass is 10.1. The minimum absolute atomic E-state index is 0.911. The normalized spacial score (nSPS) is 10.9. The molecule has 0 aliphatic heterocycles. The van der Waals surface area contributed by atoms with E-state index in [1.807, 2.05) is 0 Å². The highest BCUT2D eigenvalue weighted by molar-refractivity contribution is 5.15. The smallest absolute Gasteiger partial charge is 0.0395 e. The van der Waals surface area contributed by atoms with Crippen LogP contribution >= 0.6 is 0 Å². The maximum atomic E-state index is 3.34. The van der Waals surface area contributed by atoms with Crippen LogP contribution in [0.3, 0.4) is 0 Å². The van der Waals surface area contributed by atoms with Crippen molar-refractivity contribution < 1.29 is 0 Å². The third kappa shape index (κ3) is 7.12. The van der Waals surface area contributed by atoms with Gasteiger partial charge in [-0.2, -0.15) is 0 Å². The van der Waals surface area contributed by atoms with E-state index >= 15 is 0 Å². The van der Waals surface area contributed by atoms with Gasteiger partial charge in [0.25, 0.3) is 0 Å². The third-order valence-corrected chi connectivity index (χ3v) is 3.81. The Morgan fingerprint density at radius 3 is 2.05 bits per heavy atom. The first-order chi connectivity index (χ1) is 10.9. The summed E-state index contributed by atoms with van der Waals surface area (Å²) in [6.07, 6.45) is 12.0. The Hall–Kier alpha value is -2.02. The largest absolute Gasteiger partial charge is 0.387 e. The average molecular weight is 293 g/mol. The van der Waals surface area contributed by atoms with Crippen LogP contribution in [0.4, 0.5) is 0 Å². The summed E-state index contributed by atoms with van der Waals surface area (Å²) in [6.45, 7) is 0.911. The minimum Gasteiger partial charge on any atom is -0.387 e. The molecule has 116 valence electrons. The van der Waals surface area contributed by atoms with Crippen molar-refractivity contribution in [1.82, 2.24) is 5.32 Å². The topological polar surface area (TPSA) is 12.0 Å². The SMILES string of the molecule is C(=CNCc1ccccc1)CCCCCCc1ccccc1. The maximum absolute atomic E-state index is 3.34. The van der Waals surface area contributed by atoms with Gasteiger partial charge in [0.15, 0.2) is 0 Å². The summed E-state index contributed by atoms with van der Waals surface area (Å²) in [5.41, 5.74) is 2.79. The Labute approximate surface area is 135 Å². The molecule has 0 atom stereocenters. The van der Waals surface area contributed by atoms with Crippen LogP contribution in [0.25, 0.3) is 0 Å². The van der Waals surface area contributed by atoms with Crippen LogP contribution in [0.5, 0.6) is 0 Å². The Morgan fingerprint density at radius 2 is 1.32 bits per heavy atom. The number of unbranched alkanes of at least 4 members (excludes halogenated alkanes) is 4. The fourth-order valence-corrected chi connectivity index (χ4v) is 2.53. The summed E-state index contributed by atoms with van der Waals surface area (Å²) in [7, 11) is 0. The molecule has 0 saturated heterocycles. The number of hydrogen-bond acceptors (Lipinski definition) is 1. The molecule has 0 amide bonds. The first-order valence-corrected chi connectivity index (χ1v) is 8.41. The van der Waals surface area contributed by atoms with Gasteiger partial charge in [0.1, 0.15) is 0 Å². The van der Waals surface area contributed by atoms with Crippen LogP contribution < -0.4 is 5.32 Å². The second-order valence-corrected chi connectivity index (χ2v) is 5.71. The van der Waals surface area contributed by atoms with Crippen LogP contribution in [0.2, 0.25) is 0 Å². The van der Waals surface area contributed by atoms with Gasteiger partial charge in [0.05, 0.1) is 0 Å². The number of hydrogen-bond donors (Lipinski definition) is 1. The monoisotopic (exact) mass is 293 g/mol. The lowest BCUT2D eigenvalue weighted by Crippen LogP contribution is -2.03. The highest BCUT2D eigenvalue weighted by atomic mass is 14.8. The molecule has 0 saturated carbocycles. The molecule has 0 aliphatic rings. The van der Waals surface area contributed by atoms with E-state index in [4.69, 9.17) is 0 Å². The van der Waals surface area contributed by atoms with E-state index in [1.54, 1.807) is 0 Å². The van der Waals surface area contributed by atoms with Crippen molar-refractivity contribution in [2.75, 3.05) is 0 Å². The summed E-state index contributed by atoms with van der Waals surface area (Å²) >= 11 is 0. The summed E-state index contributed by atoms with van der Waals surface area (Å²) in [5, 5.41) is 3.34. The number of aryl methyl sites for hydroxylation is 1. The number of benzene rings is 2. The first kappa shape index (κ1) is 16.4. The molecule has 2 aromatic rings. The Balaban J connectivity index is 1.43. The van der Waals surface area contributed by atoms with Crippen molar-refractivity contribution in [3.63, 3.8) is 0 Å². The molecule has 0 radical (unpaired) electrons. The van der Waals surface area contributed by atoms with Gasteiger partial charge >= 0.3 is 0 Å². The van der Waals surface area contributed by atoms with Crippen LogP contribution in [-0.2, 0) is 13.0 Å². The molecule has 2 aromatic carbocycles. The zero-order chi connectivity index (χ0) is 15.3.